The number of esters is 1. The van der Waals surface area contributed by atoms with Crippen molar-refractivity contribution < 1.29 is 9.53 Å². The third-order valence-corrected chi connectivity index (χ3v) is 3.93. The molecule has 1 atom stereocenters. The van der Waals surface area contributed by atoms with E-state index in [2.05, 4.69) is 24.3 Å². The fourth-order valence-electron chi connectivity index (χ4n) is 2.71. The standard InChI is InChI=1S/C15H25N3O2/c1-11(2)18-10-12(9-16-18)14(15(19)20-3)17-13-7-5-4-6-8-13/h9-11,13-14,17H,4-8H2,1-3H3. The molecule has 2 rings (SSSR count). The molecule has 0 amide bonds. The van der Waals surface area contributed by atoms with Gasteiger partial charge in [-0.15, -0.1) is 0 Å². The first-order chi connectivity index (χ1) is 9.61. The summed E-state index contributed by atoms with van der Waals surface area (Å²) in [4.78, 5) is 12.0. The minimum atomic E-state index is -0.407. The van der Waals surface area contributed by atoms with Crippen molar-refractivity contribution in [2.75, 3.05) is 7.11 Å². The average molecular weight is 279 g/mol. The summed E-state index contributed by atoms with van der Waals surface area (Å²) in [7, 11) is 1.44. The van der Waals surface area contributed by atoms with Gasteiger partial charge in [0.25, 0.3) is 0 Å². The summed E-state index contributed by atoms with van der Waals surface area (Å²) < 4.78 is 6.81. The quantitative estimate of drug-likeness (QED) is 0.842. The van der Waals surface area contributed by atoms with E-state index >= 15 is 0 Å². The molecule has 5 nitrogen and oxygen atoms in total. The Morgan fingerprint density at radius 2 is 2.10 bits per heavy atom. The van der Waals surface area contributed by atoms with Crippen LogP contribution in [0.2, 0.25) is 0 Å². The topological polar surface area (TPSA) is 56.1 Å². The van der Waals surface area contributed by atoms with Gasteiger partial charge < -0.3 is 4.74 Å². The number of hydrogen-bond acceptors (Lipinski definition) is 4. The molecule has 112 valence electrons. The van der Waals surface area contributed by atoms with Crippen molar-refractivity contribution in [1.82, 2.24) is 15.1 Å². The van der Waals surface area contributed by atoms with Crippen LogP contribution in [0, 0.1) is 0 Å². The minimum absolute atomic E-state index is 0.237. The van der Waals surface area contributed by atoms with Gasteiger partial charge >= 0.3 is 5.97 Å². The highest BCUT2D eigenvalue weighted by Gasteiger charge is 2.26. The van der Waals surface area contributed by atoms with Crippen LogP contribution < -0.4 is 5.32 Å². The molecule has 5 heteroatoms. The molecule has 1 aliphatic rings. The lowest BCUT2D eigenvalue weighted by atomic mass is 9.94. The second-order valence-electron chi connectivity index (χ2n) is 5.81. The second-order valence-corrected chi connectivity index (χ2v) is 5.81. The normalized spacial score (nSPS) is 18.2. The Morgan fingerprint density at radius 1 is 1.40 bits per heavy atom. The van der Waals surface area contributed by atoms with E-state index in [-0.39, 0.29) is 12.0 Å². The molecule has 0 radical (unpaired) electrons. The summed E-state index contributed by atoms with van der Waals surface area (Å²) in [5.74, 6) is -0.237. The minimum Gasteiger partial charge on any atom is -0.468 e. The zero-order chi connectivity index (χ0) is 14.5. The van der Waals surface area contributed by atoms with Crippen molar-refractivity contribution >= 4 is 5.97 Å². The lowest BCUT2D eigenvalue weighted by Crippen LogP contribution is -2.38. The van der Waals surface area contributed by atoms with Crippen molar-refractivity contribution in [3.05, 3.63) is 18.0 Å². The van der Waals surface area contributed by atoms with Crippen LogP contribution in [0.5, 0.6) is 0 Å². The summed E-state index contributed by atoms with van der Waals surface area (Å²) in [6, 6.07) is 0.280. The predicted octanol–water partition coefficient (Wildman–Crippen LogP) is 2.60. The van der Waals surface area contributed by atoms with E-state index < -0.39 is 6.04 Å². The molecule has 1 fully saturated rings. The predicted molar refractivity (Wildman–Crippen MR) is 77.4 cm³/mol. The van der Waals surface area contributed by atoms with Crippen LogP contribution in [0.25, 0.3) is 0 Å². The van der Waals surface area contributed by atoms with Gasteiger partial charge in [0.05, 0.1) is 13.3 Å². The lowest BCUT2D eigenvalue weighted by molar-refractivity contribution is -0.143. The first-order valence-corrected chi connectivity index (χ1v) is 7.49. The smallest absolute Gasteiger partial charge is 0.327 e. The molecule has 0 aliphatic heterocycles. The van der Waals surface area contributed by atoms with Crippen LogP contribution in [-0.2, 0) is 9.53 Å². The zero-order valence-corrected chi connectivity index (χ0v) is 12.6. The van der Waals surface area contributed by atoms with Gasteiger partial charge in [0.2, 0.25) is 0 Å². The van der Waals surface area contributed by atoms with Gasteiger partial charge in [-0.1, -0.05) is 19.3 Å². The molecule has 1 saturated carbocycles. The maximum Gasteiger partial charge on any atom is 0.327 e. The summed E-state index contributed by atoms with van der Waals surface area (Å²) in [6.45, 7) is 4.14. The third kappa shape index (κ3) is 3.60. The van der Waals surface area contributed by atoms with Crippen LogP contribution in [0.4, 0.5) is 0 Å². The van der Waals surface area contributed by atoms with E-state index in [4.69, 9.17) is 4.74 Å². The number of nitrogens with zero attached hydrogens (tertiary/aromatic N) is 2. The number of nitrogens with one attached hydrogen (secondary N) is 1. The molecule has 1 aromatic rings. The summed E-state index contributed by atoms with van der Waals surface area (Å²) >= 11 is 0. The molecule has 1 N–H and O–H groups in total. The molecule has 1 heterocycles. The number of ether oxygens (including phenoxy) is 1. The molecule has 0 spiro atoms. The number of aromatic nitrogens is 2. The van der Waals surface area contributed by atoms with Crippen LogP contribution in [0.3, 0.4) is 0 Å². The second kappa shape index (κ2) is 6.88. The number of rotatable bonds is 5. The highest BCUT2D eigenvalue weighted by molar-refractivity contribution is 5.77. The molecule has 1 unspecified atom stereocenters. The van der Waals surface area contributed by atoms with Crippen molar-refractivity contribution in [2.24, 2.45) is 0 Å². The van der Waals surface area contributed by atoms with E-state index in [0.29, 0.717) is 6.04 Å². The van der Waals surface area contributed by atoms with Crippen molar-refractivity contribution in [2.45, 2.75) is 64.1 Å². The maximum absolute atomic E-state index is 12.0. The number of methoxy groups -OCH3 is 1. The number of carbonyl (C=O) groups excluding carboxylic acids is 1. The van der Waals surface area contributed by atoms with Gasteiger partial charge in [-0.3, -0.25) is 10.00 Å². The highest BCUT2D eigenvalue weighted by Crippen LogP contribution is 2.22. The Hall–Kier alpha value is -1.36. The fraction of sp³-hybridized carbons (Fsp3) is 0.733. The third-order valence-electron chi connectivity index (χ3n) is 3.93. The Kier molecular flexibility index (Phi) is 5.17. The summed E-state index contributed by atoms with van der Waals surface area (Å²) in [5, 5.41) is 7.76. The first-order valence-electron chi connectivity index (χ1n) is 7.49. The Labute approximate surface area is 120 Å². The molecule has 20 heavy (non-hydrogen) atoms. The van der Waals surface area contributed by atoms with Crippen molar-refractivity contribution in [3.8, 4) is 0 Å². The maximum atomic E-state index is 12.0. The molecule has 0 saturated heterocycles. The van der Waals surface area contributed by atoms with Crippen molar-refractivity contribution in [1.29, 1.82) is 0 Å². The number of hydrogen-bond donors (Lipinski definition) is 1. The van der Waals surface area contributed by atoms with Crippen molar-refractivity contribution in [3.63, 3.8) is 0 Å². The number of carbonyl (C=O) groups is 1. The Bertz CT molecular complexity index is 436. The molecule has 0 bridgehead atoms. The van der Waals surface area contributed by atoms with Gasteiger partial charge in [0.15, 0.2) is 0 Å². The molecule has 0 aromatic carbocycles. The molecular weight excluding hydrogens is 254 g/mol. The van der Waals surface area contributed by atoms with Gasteiger partial charge in [0, 0.05) is 23.8 Å². The van der Waals surface area contributed by atoms with Crippen LogP contribution in [-0.4, -0.2) is 28.9 Å². The Morgan fingerprint density at radius 3 is 2.65 bits per heavy atom. The van der Waals surface area contributed by atoms with Crippen LogP contribution in [0.1, 0.15) is 63.6 Å². The largest absolute Gasteiger partial charge is 0.468 e. The van der Waals surface area contributed by atoms with Crippen LogP contribution >= 0.6 is 0 Å². The first kappa shape index (κ1) is 15.0. The van der Waals surface area contributed by atoms with Gasteiger partial charge in [-0.05, 0) is 26.7 Å². The fourth-order valence-corrected chi connectivity index (χ4v) is 2.71. The van der Waals surface area contributed by atoms with Gasteiger partial charge in [-0.2, -0.15) is 5.10 Å². The van der Waals surface area contributed by atoms with E-state index in [1.807, 2.05) is 10.9 Å². The van der Waals surface area contributed by atoms with Crippen LogP contribution in [0.15, 0.2) is 12.4 Å². The zero-order valence-electron chi connectivity index (χ0n) is 12.6. The summed E-state index contributed by atoms with van der Waals surface area (Å²) in [5.41, 5.74) is 0.885. The Balaban J connectivity index is 2.11. The lowest BCUT2D eigenvalue weighted by Gasteiger charge is -2.26. The van der Waals surface area contributed by atoms with E-state index in [9.17, 15) is 4.79 Å². The van der Waals surface area contributed by atoms with Gasteiger partial charge in [-0.25, -0.2) is 4.79 Å². The van der Waals surface area contributed by atoms with E-state index in [0.717, 1.165) is 18.4 Å². The molecule has 1 aromatic heterocycles. The van der Waals surface area contributed by atoms with E-state index in [1.54, 1.807) is 6.20 Å². The monoisotopic (exact) mass is 279 g/mol. The molecule has 1 aliphatic carbocycles. The summed E-state index contributed by atoms with van der Waals surface area (Å²) in [6.07, 6.45) is 9.72. The van der Waals surface area contributed by atoms with E-state index in [1.165, 1.54) is 26.4 Å². The highest BCUT2D eigenvalue weighted by atomic mass is 16.5. The SMILES string of the molecule is COC(=O)C(NC1CCCCC1)c1cnn(C(C)C)c1. The average Bonchev–Trinajstić information content (AvgIpc) is 2.95. The van der Waals surface area contributed by atoms with Gasteiger partial charge in [0.1, 0.15) is 6.04 Å². The molecular formula is C15H25N3O2.